The van der Waals surface area contributed by atoms with Gasteiger partial charge in [-0.2, -0.15) is 0 Å². The summed E-state index contributed by atoms with van der Waals surface area (Å²) >= 11 is 0. The van der Waals surface area contributed by atoms with Gasteiger partial charge in [0.25, 0.3) is 0 Å². The Kier molecular flexibility index (Phi) is 2.99. The zero-order chi connectivity index (χ0) is 8.97. The van der Waals surface area contributed by atoms with Crippen molar-refractivity contribution < 1.29 is 0 Å². The van der Waals surface area contributed by atoms with Crippen molar-refractivity contribution in [3.63, 3.8) is 0 Å². The summed E-state index contributed by atoms with van der Waals surface area (Å²) in [5.41, 5.74) is 5.52. The normalized spacial score (nSPS) is 12.6. The average Bonchev–Trinajstić information content (AvgIpc) is 2.17. The van der Waals surface area contributed by atoms with Crippen LogP contribution in [0.3, 0.4) is 0 Å². The summed E-state index contributed by atoms with van der Waals surface area (Å²) in [6, 6.07) is 0.293. The molecule has 0 bridgehead atoms. The Hall–Kier alpha value is -1.16. The summed E-state index contributed by atoms with van der Waals surface area (Å²) in [4.78, 5) is 10.1. The molecule has 4 nitrogen and oxygen atoms in total. The van der Waals surface area contributed by atoms with Gasteiger partial charge in [0.2, 0.25) is 0 Å². The van der Waals surface area contributed by atoms with Gasteiger partial charge in [-0.25, -0.2) is 4.98 Å². The highest BCUT2D eigenvalue weighted by Gasteiger charge is 2.07. The molecule has 0 aliphatic rings. The lowest BCUT2D eigenvalue weighted by molar-refractivity contribution is 0.686. The van der Waals surface area contributed by atoms with Crippen LogP contribution in [0.15, 0.2) is 18.6 Å². The molecular formula is C8H14N4. The average molecular weight is 166 g/mol. The van der Waals surface area contributed by atoms with Gasteiger partial charge in [0, 0.05) is 32.0 Å². The van der Waals surface area contributed by atoms with Crippen LogP contribution in [-0.4, -0.2) is 29.6 Å². The third kappa shape index (κ3) is 1.92. The van der Waals surface area contributed by atoms with Crippen LogP contribution >= 0.6 is 0 Å². The molecule has 1 unspecified atom stereocenters. The minimum absolute atomic E-state index is 0.293. The van der Waals surface area contributed by atoms with Gasteiger partial charge in [0.05, 0.1) is 6.20 Å². The second kappa shape index (κ2) is 4.01. The first kappa shape index (κ1) is 8.93. The fourth-order valence-corrected chi connectivity index (χ4v) is 0.857. The molecule has 0 radical (unpaired) electrons. The van der Waals surface area contributed by atoms with E-state index in [4.69, 9.17) is 5.73 Å². The molecule has 4 heteroatoms. The van der Waals surface area contributed by atoms with Crippen molar-refractivity contribution in [2.24, 2.45) is 5.73 Å². The quantitative estimate of drug-likeness (QED) is 0.699. The van der Waals surface area contributed by atoms with Gasteiger partial charge >= 0.3 is 0 Å². The number of hydrogen-bond acceptors (Lipinski definition) is 4. The van der Waals surface area contributed by atoms with E-state index < -0.39 is 0 Å². The van der Waals surface area contributed by atoms with Gasteiger partial charge in [-0.05, 0) is 6.92 Å². The van der Waals surface area contributed by atoms with Crippen molar-refractivity contribution >= 4 is 5.82 Å². The maximum absolute atomic E-state index is 5.52. The van der Waals surface area contributed by atoms with Crippen LogP contribution in [0, 0.1) is 0 Å². The molecular weight excluding hydrogens is 152 g/mol. The molecule has 0 aliphatic carbocycles. The van der Waals surface area contributed by atoms with Gasteiger partial charge in [-0.3, -0.25) is 4.98 Å². The van der Waals surface area contributed by atoms with Crippen molar-refractivity contribution in [3.8, 4) is 0 Å². The lowest BCUT2D eigenvalue weighted by atomic mass is 10.3. The fraction of sp³-hybridized carbons (Fsp3) is 0.500. The first-order chi connectivity index (χ1) is 5.75. The van der Waals surface area contributed by atoms with Crippen molar-refractivity contribution in [1.82, 2.24) is 9.97 Å². The van der Waals surface area contributed by atoms with Crippen LogP contribution in [0.2, 0.25) is 0 Å². The molecule has 1 rings (SSSR count). The molecule has 0 spiro atoms. The molecule has 0 fully saturated rings. The van der Waals surface area contributed by atoms with Gasteiger partial charge in [-0.15, -0.1) is 0 Å². The SMILES string of the molecule is CC(CN)N(C)c1cnccn1. The topological polar surface area (TPSA) is 55.0 Å². The zero-order valence-corrected chi connectivity index (χ0v) is 7.44. The third-order valence-corrected chi connectivity index (χ3v) is 1.91. The van der Waals surface area contributed by atoms with Crippen molar-refractivity contribution in [3.05, 3.63) is 18.6 Å². The molecule has 0 amide bonds. The van der Waals surface area contributed by atoms with Gasteiger partial charge < -0.3 is 10.6 Å². The fourth-order valence-electron chi connectivity index (χ4n) is 0.857. The van der Waals surface area contributed by atoms with Crippen molar-refractivity contribution in [1.29, 1.82) is 0 Å². The van der Waals surface area contributed by atoms with E-state index in [1.165, 1.54) is 0 Å². The van der Waals surface area contributed by atoms with Crippen LogP contribution in [0.1, 0.15) is 6.92 Å². The minimum atomic E-state index is 0.293. The Bertz CT molecular complexity index is 224. The van der Waals surface area contributed by atoms with Crippen LogP contribution in [0.4, 0.5) is 5.82 Å². The smallest absolute Gasteiger partial charge is 0.147 e. The number of aromatic nitrogens is 2. The second-order valence-electron chi connectivity index (χ2n) is 2.76. The third-order valence-electron chi connectivity index (χ3n) is 1.91. The molecule has 0 aromatic carbocycles. The van der Waals surface area contributed by atoms with E-state index in [0.29, 0.717) is 12.6 Å². The van der Waals surface area contributed by atoms with Gasteiger partial charge in [0.1, 0.15) is 5.82 Å². The Morgan fingerprint density at radius 3 is 2.83 bits per heavy atom. The summed E-state index contributed by atoms with van der Waals surface area (Å²) in [6.07, 6.45) is 5.06. The highest BCUT2D eigenvalue weighted by molar-refractivity contribution is 5.34. The maximum atomic E-state index is 5.52. The van der Waals surface area contributed by atoms with E-state index in [2.05, 4.69) is 16.9 Å². The van der Waals surface area contributed by atoms with E-state index in [0.717, 1.165) is 5.82 Å². The predicted molar refractivity (Wildman–Crippen MR) is 49.0 cm³/mol. The number of nitrogens with zero attached hydrogens (tertiary/aromatic N) is 3. The largest absolute Gasteiger partial charge is 0.354 e. The van der Waals surface area contributed by atoms with E-state index in [1.54, 1.807) is 18.6 Å². The molecule has 0 saturated carbocycles. The van der Waals surface area contributed by atoms with Crippen LogP contribution in [0.25, 0.3) is 0 Å². The van der Waals surface area contributed by atoms with E-state index in [9.17, 15) is 0 Å². The lowest BCUT2D eigenvalue weighted by Crippen LogP contribution is -2.35. The predicted octanol–water partition coefficient (Wildman–Crippen LogP) is 0.260. The van der Waals surface area contributed by atoms with Crippen molar-refractivity contribution in [2.75, 3.05) is 18.5 Å². The highest BCUT2D eigenvalue weighted by atomic mass is 15.2. The molecule has 1 aromatic heterocycles. The van der Waals surface area contributed by atoms with Crippen LogP contribution in [-0.2, 0) is 0 Å². The van der Waals surface area contributed by atoms with Crippen LogP contribution in [0.5, 0.6) is 0 Å². The lowest BCUT2D eigenvalue weighted by Gasteiger charge is -2.23. The highest BCUT2D eigenvalue weighted by Crippen LogP contribution is 2.07. The monoisotopic (exact) mass is 166 g/mol. The first-order valence-electron chi connectivity index (χ1n) is 3.94. The molecule has 1 heterocycles. The van der Waals surface area contributed by atoms with Gasteiger partial charge in [-0.1, -0.05) is 0 Å². The number of nitrogens with two attached hydrogens (primary N) is 1. The number of likely N-dealkylation sites (N-methyl/N-ethyl adjacent to an activating group) is 1. The Morgan fingerprint density at radius 2 is 2.33 bits per heavy atom. The number of rotatable bonds is 3. The zero-order valence-electron chi connectivity index (χ0n) is 7.44. The Balaban J connectivity index is 2.71. The minimum Gasteiger partial charge on any atom is -0.354 e. The second-order valence-corrected chi connectivity index (χ2v) is 2.76. The number of anilines is 1. The van der Waals surface area contributed by atoms with Crippen molar-refractivity contribution in [2.45, 2.75) is 13.0 Å². The molecule has 1 atom stereocenters. The molecule has 1 aromatic rings. The maximum Gasteiger partial charge on any atom is 0.147 e. The standard InChI is InChI=1S/C8H14N4/c1-7(5-9)12(2)8-6-10-3-4-11-8/h3-4,6-7H,5,9H2,1-2H3. The van der Waals surface area contributed by atoms with E-state index in [-0.39, 0.29) is 0 Å². The Labute approximate surface area is 72.4 Å². The summed E-state index contributed by atoms with van der Waals surface area (Å²) in [5, 5.41) is 0. The van der Waals surface area contributed by atoms with E-state index >= 15 is 0 Å². The number of hydrogen-bond donors (Lipinski definition) is 1. The molecule has 12 heavy (non-hydrogen) atoms. The van der Waals surface area contributed by atoms with Gasteiger partial charge in [0.15, 0.2) is 0 Å². The summed E-state index contributed by atoms with van der Waals surface area (Å²) < 4.78 is 0. The molecule has 0 aliphatic heterocycles. The molecule has 2 N–H and O–H groups in total. The van der Waals surface area contributed by atoms with E-state index in [1.807, 2.05) is 11.9 Å². The molecule has 66 valence electrons. The molecule has 0 saturated heterocycles. The summed E-state index contributed by atoms with van der Waals surface area (Å²) in [6.45, 7) is 2.67. The first-order valence-corrected chi connectivity index (χ1v) is 3.94. The Morgan fingerprint density at radius 1 is 1.58 bits per heavy atom. The summed E-state index contributed by atoms with van der Waals surface area (Å²) in [5.74, 6) is 0.857. The summed E-state index contributed by atoms with van der Waals surface area (Å²) in [7, 11) is 1.96. The van der Waals surface area contributed by atoms with Crippen LogP contribution < -0.4 is 10.6 Å².